The van der Waals surface area contributed by atoms with Gasteiger partial charge in [0, 0.05) is 74.5 Å². The average molecular weight is 407 g/mol. The average Bonchev–Trinajstić information content (AvgIpc) is 3.21. The molecule has 0 saturated carbocycles. The Balaban J connectivity index is 1.16. The first kappa shape index (κ1) is 20.3. The van der Waals surface area contributed by atoms with Crippen molar-refractivity contribution in [2.75, 3.05) is 51.3 Å². The molecule has 1 amide bonds. The lowest BCUT2D eigenvalue weighted by Gasteiger charge is -2.36. The number of aromatic amines is 1. The number of fused-ring (bicyclic) bond motifs is 1. The number of piperazine rings is 1. The number of H-pyrrole nitrogens is 1. The van der Waals surface area contributed by atoms with Crippen molar-refractivity contribution in [1.29, 1.82) is 0 Å². The van der Waals surface area contributed by atoms with Crippen LogP contribution in [0.4, 0.5) is 5.69 Å². The van der Waals surface area contributed by atoms with Crippen molar-refractivity contribution >= 4 is 22.5 Å². The number of rotatable bonds is 8. The van der Waals surface area contributed by atoms with Gasteiger partial charge in [-0.15, -0.1) is 0 Å². The maximum Gasteiger partial charge on any atom is 0.221 e. The second kappa shape index (κ2) is 9.67. The number of hydrogen-bond acceptors (Lipinski definition) is 4. The van der Waals surface area contributed by atoms with Gasteiger partial charge in [-0.25, -0.2) is 0 Å². The number of benzene rings is 2. The maximum absolute atomic E-state index is 12.3. The summed E-state index contributed by atoms with van der Waals surface area (Å²) in [4.78, 5) is 20.3. The summed E-state index contributed by atoms with van der Waals surface area (Å²) in [6.45, 7) is 5.36. The molecule has 6 nitrogen and oxygen atoms in total. The second-order valence-corrected chi connectivity index (χ2v) is 7.74. The first-order chi connectivity index (χ1) is 14.7. The molecule has 1 aliphatic heterocycles. The van der Waals surface area contributed by atoms with Gasteiger partial charge < -0.3 is 19.9 Å². The maximum atomic E-state index is 12.3. The molecule has 0 bridgehead atoms. The molecule has 1 fully saturated rings. The lowest BCUT2D eigenvalue weighted by atomic mass is 10.1. The van der Waals surface area contributed by atoms with Gasteiger partial charge in [-0.1, -0.05) is 24.3 Å². The Labute approximate surface area is 177 Å². The van der Waals surface area contributed by atoms with Crippen molar-refractivity contribution in [3.63, 3.8) is 0 Å². The fraction of sp³-hybridized carbons (Fsp3) is 0.375. The summed E-state index contributed by atoms with van der Waals surface area (Å²) in [6, 6.07) is 16.5. The van der Waals surface area contributed by atoms with E-state index in [0.717, 1.165) is 50.4 Å². The number of nitrogens with one attached hydrogen (secondary N) is 2. The molecule has 0 atom stereocenters. The van der Waals surface area contributed by atoms with E-state index >= 15 is 0 Å². The molecule has 30 heavy (non-hydrogen) atoms. The third kappa shape index (κ3) is 4.94. The smallest absolute Gasteiger partial charge is 0.221 e. The van der Waals surface area contributed by atoms with Crippen molar-refractivity contribution in [1.82, 2.24) is 15.2 Å². The summed E-state index contributed by atoms with van der Waals surface area (Å²) in [5.74, 6) is 1.02. The van der Waals surface area contributed by atoms with E-state index in [-0.39, 0.29) is 5.91 Å². The lowest BCUT2D eigenvalue weighted by Crippen LogP contribution is -2.47. The number of aromatic nitrogens is 1. The number of ether oxygens (including phenoxy) is 1. The van der Waals surface area contributed by atoms with Gasteiger partial charge in [0.05, 0.1) is 7.11 Å². The minimum atomic E-state index is 0.130. The van der Waals surface area contributed by atoms with Gasteiger partial charge in [-0.3, -0.25) is 9.69 Å². The molecule has 4 rings (SSSR count). The van der Waals surface area contributed by atoms with E-state index in [9.17, 15) is 4.79 Å². The normalized spacial score (nSPS) is 14.8. The molecule has 0 spiro atoms. The largest absolute Gasteiger partial charge is 0.497 e. The van der Waals surface area contributed by atoms with Crippen LogP contribution < -0.4 is 15.0 Å². The molecular weight excluding hydrogens is 376 g/mol. The van der Waals surface area contributed by atoms with E-state index in [4.69, 9.17) is 4.74 Å². The van der Waals surface area contributed by atoms with Crippen molar-refractivity contribution < 1.29 is 9.53 Å². The van der Waals surface area contributed by atoms with Gasteiger partial charge in [-0.05, 0) is 30.2 Å². The molecule has 2 N–H and O–H groups in total. The molecular formula is C24H30N4O2. The van der Waals surface area contributed by atoms with Gasteiger partial charge >= 0.3 is 0 Å². The highest BCUT2D eigenvalue weighted by atomic mass is 16.5. The van der Waals surface area contributed by atoms with Gasteiger partial charge in [-0.2, -0.15) is 0 Å². The van der Waals surface area contributed by atoms with Crippen molar-refractivity contribution in [3.8, 4) is 5.75 Å². The van der Waals surface area contributed by atoms with Crippen LogP contribution in [0.1, 0.15) is 12.0 Å². The van der Waals surface area contributed by atoms with Crippen LogP contribution in [-0.4, -0.2) is 62.2 Å². The lowest BCUT2D eigenvalue weighted by molar-refractivity contribution is -0.121. The minimum Gasteiger partial charge on any atom is -0.497 e. The number of carbonyl (C=O) groups is 1. The van der Waals surface area contributed by atoms with E-state index in [2.05, 4.69) is 44.4 Å². The predicted octanol–water partition coefficient (Wildman–Crippen LogP) is 3.05. The highest BCUT2D eigenvalue weighted by Gasteiger charge is 2.18. The van der Waals surface area contributed by atoms with Crippen LogP contribution in [0.25, 0.3) is 10.9 Å². The quantitative estimate of drug-likeness (QED) is 0.604. The fourth-order valence-electron chi connectivity index (χ4n) is 4.06. The summed E-state index contributed by atoms with van der Waals surface area (Å²) < 4.78 is 5.33. The van der Waals surface area contributed by atoms with E-state index in [1.807, 2.05) is 30.5 Å². The first-order valence-corrected chi connectivity index (χ1v) is 10.7. The zero-order valence-corrected chi connectivity index (χ0v) is 17.6. The Hall–Kier alpha value is -2.99. The molecule has 6 heteroatoms. The predicted molar refractivity (Wildman–Crippen MR) is 121 cm³/mol. The van der Waals surface area contributed by atoms with E-state index in [1.165, 1.54) is 16.6 Å². The van der Waals surface area contributed by atoms with Gasteiger partial charge in [0.25, 0.3) is 0 Å². The molecule has 2 heterocycles. The molecule has 0 unspecified atom stereocenters. The van der Waals surface area contributed by atoms with Crippen LogP contribution in [0.15, 0.2) is 54.7 Å². The third-order valence-corrected chi connectivity index (χ3v) is 5.84. The molecule has 0 aliphatic carbocycles. The summed E-state index contributed by atoms with van der Waals surface area (Å²) >= 11 is 0. The summed E-state index contributed by atoms with van der Waals surface area (Å²) in [7, 11) is 1.70. The van der Waals surface area contributed by atoms with Crippen LogP contribution >= 0.6 is 0 Å². The topological polar surface area (TPSA) is 60.6 Å². The highest BCUT2D eigenvalue weighted by Crippen LogP contribution is 2.22. The number of carbonyl (C=O) groups excluding carboxylic acids is 1. The van der Waals surface area contributed by atoms with Gasteiger partial charge in [0.15, 0.2) is 0 Å². The van der Waals surface area contributed by atoms with E-state index in [0.29, 0.717) is 13.0 Å². The molecule has 0 radical (unpaired) electrons. The zero-order chi connectivity index (χ0) is 20.8. The Morgan fingerprint density at radius 2 is 1.93 bits per heavy atom. The van der Waals surface area contributed by atoms with Crippen LogP contribution in [0.2, 0.25) is 0 Å². The Bertz CT molecular complexity index is 976. The first-order valence-electron chi connectivity index (χ1n) is 10.7. The number of methoxy groups -OCH3 is 1. The Kier molecular flexibility index (Phi) is 6.54. The Morgan fingerprint density at radius 1 is 1.10 bits per heavy atom. The monoisotopic (exact) mass is 406 g/mol. The summed E-state index contributed by atoms with van der Waals surface area (Å²) in [6.07, 6.45) is 3.43. The number of nitrogens with zero attached hydrogens (tertiary/aromatic N) is 2. The van der Waals surface area contributed by atoms with Crippen molar-refractivity contribution in [3.05, 3.63) is 60.3 Å². The number of hydrogen-bond donors (Lipinski definition) is 2. The van der Waals surface area contributed by atoms with Gasteiger partial charge in [0.1, 0.15) is 5.75 Å². The number of anilines is 1. The van der Waals surface area contributed by atoms with Crippen LogP contribution in [-0.2, 0) is 11.2 Å². The molecule has 158 valence electrons. The molecule has 2 aromatic carbocycles. The number of para-hydroxylation sites is 1. The SMILES string of the molecule is COc1cccc(N2CCN(CCC(=O)NCCc3c[nH]c4ccccc34)CC2)c1. The molecule has 1 saturated heterocycles. The van der Waals surface area contributed by atoms with E-state index in [1.54, 1.807) is 7.11 Å². The van der Waals surface area contributed by atoms with Crippen LogP contribution in [0.5, 0.6) is 5.75 Å². The Morgan fingerprint density at radius 3 is 2.77 bits per heavy atom. The second-order valence-electron chi connectivity index (χ2n) is 7.74. The van der Waals surface area contributed by atoms with Crippen LogP contribution in [0, 0.1) is 0 Å². The highest BCUT2D eigenvalue weighted by molar-refractivity contribution is 5.83. The number of amides is 1. The standard InChI is InChI=1S/C24H30N4O2/c1-30-21-6-4-5-20(17-21)28-15-13-27(14-16-28)12-10-24(29)25-11-9-19-18-26-23-8-3-2-7-22(19)23/h2-8,17-18,26H,9-16H2,1H3,(H,25,29). The van der Waals surface area contributed by atoms with Crippen molar-refractivity contribution in [2.45, 2.75) is 12.8 Å². The molecule has 3 aromatic rings. The fourth-order valence-corrected chi connectivity index (χ4v) is 4.06. The zero-order valence-electron chi connectivity index (χ0n) is 17.6. The minimum absolute atomic E-state index is 0.130. The van der Waals surface area contributed by atoms with E-state index < -0.39 is 0 Å². The molecule has 1 aliphatic rings. The molecule has 1 aromatic heterocycles. The van der Waals surface area contributed by atoms with Crippen LogP contribution in [0.3, 0.4) is 0 Å². The summed E-state index contributed by atoms with van der Waals surface area (Å²) in [5, 5.41) is 4.31. The van der Waals surface area contributed by atoms with Gasteiger partial charge in [0.2, 0.25) is 5.91 Å². The van der Waals surface area contributed by atoms with Crippen molar-refractivity contribution in [2.24, 2.45) is 0 Å². The third-order valence-electron chi connectivity index (χ3n) is 5.84. The summed E-state index contributed by atoms with van der Waals surface area (Å²) in [5.41, 5.74) is 3.59.